The van der Waals surface area contributed by atoms with Gasteiger partial charge in [0.05, 0.1) is 20.8 Å². The Balaban J connectivity index is 1.66. The summed E-state index contributed by atoms with van der Waals surface area (Å²) in [5.41, 5.74) is 3.17. The zero-order chi connectivity index (χ0) is 21.0. The van der Waals surface area contributed by atoms with Crippen LogP contribution in [0.15, 0.2) is 46.9 Å². The molecular weight excluding hydrogens is 470 g/mol. The zero-order valence-corrected chi connectivity index (χ0v) is 18.0. The number of carbonyl (C=O) groups is 1. The van der Waals surface area contributed by atoms with E-state index in [9.17, 15) is 14.9 Å². The number of nitrogens with one attached hydrogen (secondary N) is 1. The smallest absolute Gasteiger partial charge is 0.269 e. The molecule has 1 unspecified atom stereocenters. The highest BCUT2D eigenvalue weighted by atomic mass is 79.9. The maximum atomic E-state index is 12.5. The lowest BCUT2D eigenvalue weighted by molar-refractivity contribution is -0.384. The van der Waals surface area contributed by atoms with Gasteiger partial charge in [0.15, 0.2) is 0 Å². The van der Waals surface area contributed by atoms with Crippen molar-refractivity contribution in [3.05, 3.63) is 73.9 Å². The van der Waals surface area contributed by atoms with Crippen LogP contribution in [0.4, 0.5) is 11.5 Å². The maximum absolute atomic E-state index is 12.5. The molecule has 2 aromatic heterocycles. The molecule has 150 valence electrons. The molecule has 1 amide bonds. The van der Waals surface area contributed by atoms with E-state index in [1.807, 2.05) is 31.2 Å². The molecule has 1 atom stereocenters. The Morgan fingerprint density at radius 2 is 2.13 bits per heavy atom. The molecule has 0 radical (unpaired) electrons. The summed E-state index contributed by atoms with van der Waals surface area (Å²) < 4.78 is 3.62. The van der Waals surface area contributed by atoms with Crippen molar-refractivity contribution >= 4 is 54.9 Å². The average Bonchev–Trinajstić information content (AvgIpc) is 3.28. The minimum atomic E-state index is -0.428. The van der Waals surface area contributed by atoms with Crippen LogP contribution in [0.5, 0.6) is 0 Å². The number of amides is 1. The fourth-order valence-electron chi connectivity index (χ4n) is 3.80. The molecule has 0 spiro atoms. The summed E-state index contributed by atoms with van der Waals surface area (Å²) in [4.78, 5) is 28.0. The number of halogens is 1. The molecule has 0 saturated carbocycles. The number of anilines is 1. The predicted molar refractivity (Wildman–Crippen MR) is 117 cm³/mol. The van der Waals surface area contributed by atoms with Gasteiger partial charge in [-0.05, 0) is 30.7 Å². The van der Waals surface area contributed by atoms with E-state index >= 15 is 0 Å². The van der Waals surface area contributed by atoms with Crippen LogP contribution < -0.4 is 5.32 Å². The molecule has 3 heterocycles. The van der Waals surface area contributed by atoms with Gasteiger partial charge in [0, 0.05) is 34.5 Å². The second-order valence-electron chi connectivity index (χ2n) is 7.02. The van der Waals surface area contributed by atoms with Crippen LogP contribution in [-0.4, -0.2) is 25.6 Å². The van der Waals surface area contributed by atoms with Crippen LogP contribution in [0.3, 0.4) is 0 Å². The molecule has 1 aliphatic rings. The number of non-ortho nitro benzene ring substituents is 1. The van der Waals surface area contributed by atoms with E-state index < -0.39 is 4.92 Å². The quantitative estimate of drug-likeness (QED) is 0.328. The molecule has 0 aliphatic carbocycles. The van der Waals surface area contributed by atoms with Crippen molar-refractivity contribution in [1.29, 1.82) is 0 Å². The van der Waals surface area contributed by atoms with Crippen LogP contribution in [-0.2, 0) is 4.79 Å². The molecule has 0 saturated heterocycles. The van der Waals surface area contributed by atoms with Gasteiger partial charge < -0.3 is 5.32 Å². The molecule has 0 bridgehead atoms. The molecule has 30 heavy (non-hydrogen) atoms. The maximum Gasteiger partial charge on any atom is 0.269 e. The fourth-order valence-corrected chi connectivity index (χ4v) is 5.28. The van der Waals surface area contributed by atoms with Crippen LogP contribution >= 0.6 is 27.3 Å². The highest BCUT2D eigenvalue weighted by Gasteiger charge is 2.33. The number of rotatable bonds is 3. The Bertz CT molecular complexity index is 1350. The zero-order valence-electron chi connectivity index (χ0n) is 15.6. The van der Waals surface area contributed by atoms with Crippen LogP contribution in [0.1, 0.15) is 29.2 Å². The van der Waals surface area contributed by atoms with Crippen molar-refractivity contribution in [1.82, 2.24) is 14.8 Å². The van der Waals surface area contributed by atoms with E-state index in [0.29, 0.717) is 10.9 Å². The number of aromatic nitrogens is 3. The van der Waals surface area contributed by atoms with Crippen molar-refractivity contribution < 1.29 is 9.72 Å². The third kappa shape index (κ3) is 3.08. The van der Waals surface area contributed by atoms with E-state index in [1.54, 1.807) is 10.7 Å². The summed E-state index contributed by atoms with van der Waals surface area (Å²) in [5, 5.41) is 19.4. The fraction of sp³-hybridized carbons (Fsp3) is 0.150. The minimum absolute atomic E-state index is 0.00169. The van der Waals surface area contributed by atoms with Crippen LogP contribution in [0, 0.1) is 17.0 Å². The number of thiazole rings is 1. The number of hydrogen-bond donors (Lipinski definition) is 1. The topological polar surface area (TPSA) is 103 Å². The SMILES string of the molecule is Cc1nn(-c2nc3ccc(Br)cc3s2)c2c1C(c1cccc([N+](=O)[O-])c1)CC(=O)N2. The van der Waals surface area contributed by atoms with Gasteiger partial charge in [0.1, 0.15) is 5.82 Å². The van der Waals surface area contributed by atoms with Gasteiger partial charge >= 0.3 is 0 Å². The third-order valence-corrected chi connectivity index (χ3v) is 6.59. The lowest BCUT2D eigenvalue weighted by Gasteiger charge is -2.24. The van der Waals surface area contributed by atoms with Crippen molar-refractivity contribution in [2.24, 2.45) is 0 Å². The third-order valence-electron chi connectivity index (χ3n) is 5.11. The van der Waals surface area contributed by atoms with E-state index in [1.165, 1.54) is 23.5 Å². The second-order valence-corrected chi connectivity index (χ2v) is 8.95. The van der Waals surface area contributed by atoms with Gasteiger partial charge in [-0.25, -0.2) is 4.98 Å². The summed E-state index contributed by atoms with van der Waals surface area (Å²) >= 11 is 4.95. The number of nitro groups is 1. The number of carbonyl (C=O) groups excluding carboxylic acids is 1. The van der Waals surface area contributed by atoms with Crippen LogP contribution in [0.25, 0.3) is 15.3 Å². The largest absolute Gasteiger partial charge is 0.310 e. The summed E-state index contributed by atoms with van der Waals surface area (Å²) in [5.74, 6) is 0.0910. The summed E-state index contributed by atoms with van der Waals surface area (Å²) in [6, 6.07) is 12.3. The Hall–Kier alpha value is -3.11. The standard InChI is InChI=1S/C20H14BrN5O3S/c1-10-18-14(11-3-2-4-13(7-11)26(28)29)9-17(27)23-19(18)25(24-10)20-22-15-6-5-12(21)8-16(15)30-20/h2-8,14H,9H2,1H3,(H,23,27). The molecule has 4 aromatic rings. The molecule has 1 N–H and O–H groups in total. The lowest BCUT2D eigenvalue weighted by Crippen LogP contribution is -2.25. The number of aryl methyl sites for hydroxylation is 1. The number of nitro benzene ring substituents is 1. The van der Waals surface area contributed by atoms with Gasteiger partial charge in [-0.2, -0.15) is 9.78 Å². The first-order valence-electron chi connectivity index (χ1n) is 9.11. The number of nitrogens with zero attached hydrogens (tertiary/aromatic N) is 4. The van der Waals surface area contributed by atoms with Crippen molar-refractivity contribution in [3.8, 4) is 5.13 Å². The number of benzene rings is 2. The first-order valence-corrected chi connectivity index (χ1v) is 10.7. The molecule has 5 rings (SSSR count). The Morgan fingerprint density at radius 1 is 1.30 bits per heavy atom. The normalized spacial score (nSPS) is 15.8. The Labute approximate surface area is 182 Å². The number of fused-ring (bicyclic) bond motifs is 2. The van der Waals surface area contributed by atoms with E-state index in [2.05, 4.69) is 31.3 Å². The highest BCUT2D eigenvalue weighted by molar-refractivity contribution is 9.10. The summed E-state index contributed by atoms with van der Waals surface area (Å²) in [6.07, 6.45) is 0.202. The highest BCUT2D eigenvalue weighted by Crippen LogP contribution is 2.41. The van der Waals surface area contributed by atoms with E-state index in [0.717, 1.165) is 31.5 Å². The first-order chi connectivity index (χ1) is 14.4. The molecule has 10 heteroatoms. The van der Waals surface area contributed by atoms with Gasteiger partial charge in [-0.3, -0.25) is 14.9 Å². The molecule has 8 nitrogen and oxygen atoms in total. The summed E-state index contributed by atoms with van der Waals surface area (Å²) in [7, 11) is 0. The summed E-state index contributed by atoms with van der Waals surface area (Å²) in [6.45, 7) is 1.88. The van der Waals surface area contributed by atoms with Crippen molar-refractivity contribution in [3.63, 3.8) is 0 Å². The Morgan fingerprint density at radius 3 is 2.93 bits per heavy atom. The minimum Gasteiger partial charge on any atom is -0.310 e. The monoisotopic (exact) mass is 483 g/mol. The van der Waals surface area contributed by atoms with Crippen molar-refractivity contribution in [2.75, 3.05) is 5.32 Å². The second kappa shape index (κ2) is 6.99. The average molecular weight is 484 g/mol. The van der Waals surface area contributed by atoms with Gasteiger partial charge in [-0.1, -0.05) is 39.4 Å². The molecular formula is C20H14BrN5O3S. The Kier molecular flexibility index (Phi) is 4.40. The number of hydrogen-bond acceptors (Lipinski definition) is 6. The van der Waals surface area contributed by atoms with E-state index in [-0.39, 0.29) is 23.9 Å². The van der Waals surface area contributed by atoms with Gasteiger partial charge in [0.2, 0.25) is 11.0 Å². The van der Waals surface area contributed by atoms with Gasteiger partial charge in [-0.15, -0.1) is 0 Å². The predicted octanol–water partition coefficient (Wildman–Crippen LogP) is 4.94. The van der Waals surface area contributed by atoms with Crippen molar-refractivity contribution in [2.45, 2.75) is 19.3 Å². The molecule has 1 aliphatic heterocycles. The van der Waals surface area contributed by atoms with Gasteiger partial charge in [0.25, 0.3) is 5.69 Å². The van der Waals surface area contributed by atoms with Crippen LogP contribution in [0.2, 0.25) is 0 Å². The molecule has 2 aromatic carbocycles. The lowest BCUT2D eigenvalue weighted by atomic mass is 9.85. The van der Waals surface area contributed by atoms with E-state index in [4.69, 9.17) is 0 Å². The molecule has 0 fully saturated rings. The first kappa shape index (κ1) is 18.9.